The van der Waals surface area contributed by atoms with Crippen molar-refractivity contribution in [2.24, 2.45) is 12.8 Å². The van der Waals surface area contributed by atoms with Crippen LogP contribution in [0.15, 0.2) is 59.5 Å². The molecule has 2 aromatic heterocycles. The van der Waals surface area contributed by atoms with Crippen molar-refractivity contribution in [2.75, 3.05) is 0 Å². The first-order valence-electron chi connectivity index (χ1n) is 9.35. The Morgan fingerprint density at radius 1 is 1.26 bits per heavy atom. The van der Waals surface area contributed by atoms with E-state index in [1.54, 1.807) is 30.2 Å². The van der Waals surface area contributed by atoms with Crippen LogP contribution < -0.4 is 10.5 Å². The summed E-state index contributed by atoms with van der Waals surface area (Å²) in [6.07, 6.45) is 11.2. The fraction of sp³-hybridized carbons (Fsp3) is 0.0952. The summed E-state index contributed by atoms with van der Waals surface area (Å²) in [5.41, 5.74) is 10.6. The van der Waals surface area contributed by atoms with Gasteiger partial charge < -0.3 is 21.3 Å². The molecule has 4 rings (SSSR count). The summed E-state index contributed by atoms with van der Waals surface area (Å²) in [5, 5.41) is 19.7. The van der Waals surface area contributed by atoms with Crippen LogP contribution in [0.1, 0.15) is 17.0 Å². The molecule has 1 unspecified atom stereocenters. The summed E-state index contributed by atoms with van der Waals surface area (Å²) < 4.78 is 17.3. The van der Waals surface area contributed by atoms with E-state index in [1.807, 2.05) is 24.3 Å². The third-order valence-corrected chi connectivity index (χ3v) is 5.93. The highest BCUT2D eigenvalue weighted by molar-refractivity contribution is 7.83. The van der Waals surface area contributed by atoms with Gasteiger partial charge in [-0.3, -0.25) is 9.67 Å². The predicted octanol–water partition coefficient (Wildman–Crippen LogP) is 2.10. The van der Waals surface area contributed by atoms with Crippen LogP contribution in [0.3, 0.4) is 0 Å². The SMILES string of the molecule is Cn1cc2c(n1)CC=C(/C=C(\C=N)c1ccc3ncc(/C(C=N)=C/N)nc3c1)NS2=O. The molecule has 156 valence electrons. The van der Waals surface area contributed by atoms with E-state index in [0.717, 1.165) is 17.5 Å². The Labute approximate surface area is 181 Å². The Morgan fingerprint density at radius 3 is 2.81 bits per heavy atom. The molecule has 0 amide bonds. The number of aromatic nitrogens is 4. The van der Waals surface area contributed by atoms with Crippen LogP contribution in [0.5, 0.6) is 0 Å². The van der Waals surface area contributed by atoms with Gasteiger partial charge in [0.2, 0.25) is 0 Å². The van der Waals surface area contributed by atoms with Crippen molar-refractivity contribution in [3.8, 4) is 0 Å². The molecule has 0 aliphatic carbocycles. The minimum atomic E-state index is -1.43. The van der Waals surface area contributed by atoms with E-state index in [-0.39, 0.29) is 0 Å². The molecule has 0 spiro atoms. The van der Waals surface area contributed by atoms with Crippen molar-refractivity contribution in [3.05, 3.63) is 71.6 Å². The average molecular weight is 433 g/mol. The maximum atomic E-state index is 12.6. The average Bonchev–Trinajstić information content (AvgIpc) is 3.10. The first-order valence-corrected chi connectivity index (χ1v) is 10.5. The van der Waals surface area contributed by atoms with E-state index in [1.165, 1.54) is 12.4 Å². The number of hydrogen-bond donors (Lipinski definition) is 4. The second-order valence-corrected chi connectivity index (χ2v) is 8.00. The number of allylic oxidation sites excluding steroid dienone is 4. The lowest BCUT2D eigenvalue weighted by Gasteiger charge is -2.08. The van der Waals surface area contributed by atoms with Crippen molar-refractivity contribution in [2.45, 2.75) is 11.3 Å². The molecule has 0 bridgehead atoms. The zero-order chi connectivity index (χ0) is 22.0. The summed E-state index contributed by atoms with van der Waals surface area (Å²) in [7, 11) is 0.365. The quantitative estimate of drug-likeness (QED) is 0.456. The Bertz CT molecular complexity index is 1320. The molecule has 1 aromatic carbocycles. The molecule has 0 fully saturated rings. The van der Waals surface area contributed by atoms with Crippen molar-refractivity contribution < 1.29 is 4.21 Å². The van der Waals surface area contributed by atoms with Gasteiger partial charge in [-0.2, -0.15) is 5.10 Å². The van der Waals surface area contributed by atoms with Gasteiger partial charge in [0.05, 0.1) is 28.6 Å². The fourth-order valence-corrected chi connectivity index (χ4v) is 4.27. The van der Waals surface area contributed by atoms with Crippen LogP contribution in [0, 0.1) is 10.8 Å². The number of nitrogens with zero attached hydrogens (tertiary/aromatic N) is 4. The highest BCUT2D eigenvalue weighted by Crippen LogP contribution is 2.22. The standard InChI is InChI=1S/C21H20N8OS/c1-29-12-21-18(27-29)5-3-16(28-31(21)30)6-14(8-22)13-2-4-17-19(7-13)26-20(11-25-17)15(9-23)10-24/h2-4,6-12,22-23,28H,5,24H2,1H3/b14-6+,15-10+,22-8?,23-9?. The lowest BCUT2D eigenvalue weighted by atomic mass is 10.0. The number of benzene rings is 1. The lowest BCUT2D eigenvalue weighted by Crippen LogP contribution is -2.14. The molecule has 3 aromatic rings. The highest BCUT2D eigenvalue weighted by atomic mass is 32.2. The topological polar surface area (TPSA) is 146 Å². The lowest BCUT2D eigenvalue weighted by molar-refractivity contribution is 0.678. The van der Waals surface area contributed by atoms with E-state index >= 15 is 0 Å². The van der Waals surface area contributed by atoms with Gasteiger partial charge in [-0.15, -0.1) is 0 Å². The maximum absolute atomic E-state index is 12.6. The highest BCUT2D eigenvalue weighted by Gasteiger charge is 2.18. The van der Waals surface area contributed by atoms with Gasteiger partial charge in [0.1, 0.15) is 4.90 Å². The van der Waals surface area contributed by atoms with Crippen LogP contribution in [0.25, 0.3) is 22.2 Å². The van der Waals surface area contributed by atoms with Gasteiger partial charge in [-0.1, -0.05) is 12.1 Å². The molecule has 0 saturated carbocycles. The number of rotatable bonds is 5. The first kappa shape index (κ1) is 20.4. The summed E-state index contributed by atoms with van der Waals surface area (Å²) in [6.45, 7) is 0. The van der Waals surface area contributed by atoms with E-state index in [0.29, 0.717) is 44.9 Å². The van der Waals surface area contributed by atoms with Crippen LogP contribution in [0.4, 0.5) is 0 Å². The van der Waals surface area contributed by atoms with Gasteiger partial charge in [0.25, 0.3) is 0 Å². The number of fused-ring (bicyclic) bond motifs is 2. The van der Waals surface area contributed by atoms with Gasteiger partial charge >= 0.3 is 0 Å². The van der Waals surface area contributed by atoms with Gasteiger partial charge in [-0.25, -0.2) is 9.19 Å². The minimum absolute atomic E-state index is 0.464. The molecule has 1 aliphatic rings. The van der Waals surface area contributed by atoms with E-state index in [2.05, 4.69) is 19.8 Å². The molecule has 10 heteroatoms. The van der Waals surface area contributed by atoms with Crippen molar-refractivity contribution in [1.82, 2.24) is 24.5 Å². The molecule has 1 aliphatic heterocycles. The number of nitrogens with two attached hydrogens (primary N) is 1. The number of aryl methyl sites for hydroxylation is 1. The molecular formula is C21H20N8OS. The summed E-state index contributed by atoms with van der Waals surface area (Å²) in [5.74, 6) is 0. The van der Waals surface area contributed by atoms with Crippen LogP contribution in [-0.2, 0) is 24.5 Å². The largest absolute Gasteiger partial charge is 0.404 e. The van der Waals surface area contributed by atoms with Crippen LogP contribution in [0.2, 0.25) is 0 Å². The number of nitrogens with one attached hydrogen (secondary N) is 3. The fourth-order valence-electron chi connectivity index (χ4n) is 3.22. The monoisotopic (exact) mass is 432 g/mol. The zero-order valence-electron chi connectivity index (χ0n) is 16.7. The van der Waals surface area contributed by atoms with Crippen molar-refractivity contribution in [3.63, 3.8) is 0 Å². The Morgan fingerprint density at radius 2 is 2.06 bits per heavy atom. The third kappa shape index (κ3) is 4.05. The molecule has 0 radical (unpaired) electrons. The van der Waals surface area contributed by atoms with Gasteiger partial charge in [0, 0.05) is 55.1 Å². The Balaban J connectivity index is 1.70. The molecular weight excluding hydrogens is 412 g/mol. The zero-order valence-corrected chi connectivity index (χ0v) is 17.5. The molecule has 3 heterocycles. The third-order valence-electron chi connectivity index (χ3n) is 4.77. The first-order chi connectivity index (χ1) is 15.0. The Kier molecular flexibility index (Phi) is 5.54. The normalized spacial score (nSPS) is 16.8. The van der Waals surface area contributed by atoms with Crippen molar-refractivity contribution in [1.29, 1.82) is 10.8 Å². The van der Waals surface area contributed by atoms with Crippen LogP contribution >= 0.6 is 0 Å². The summed E-state index contributed by atoms with van der Waals surface area (Å²) >= 11 is 0. The van der Waals surface area contributed by atoms with Crippen LogP contribution in [-0.4, -0.2) is 36.4 Å². The molecule has 1 atom stereocenters. The predicted molar refractivity (Wildman–Crippen MR) is 122 cm³/mol. The van der Waals surface area contributed by atoms with E-state index in [9.17, 15) is 4.21 Å². The Hall–Kier alpha value is -3.92. The maximum Gasteiger partial charge on any atom is 0.153 e. The molecule has 5 N–H and O–H groups in total. The summed E-state index contributed by atoms with van der Waals surface area (Å²) in [6, 6.07) is 5.50. The smallest absolute Gasteiger partial charge is 0.153 e. The molecule has 0 saturated heterocycles. The van der Waals surface area contributed by atoms with E-state index in [4.69, 9.17) is 16.6 Å². The van der Waals surface area contributed by atoms with Gasteiger partial charge in [-0.05, 0) is 23.8 Å². The molecule has 31 heavy (non-hydrogen) atoms. The minimum Gasteiger partial charge on any atom is -0.404 e. The second-order valence-electron chi connectivity index (χ2n) is 6.82. The van der Waals surface area contributed by atoms with Crippen molar-refractivity contribution >= 4 is 45.6 Å². The number of hydrogen-bond acceptors (Lipinski definition) is 7. The van der Waals surface area contributed by atoms with E-state index < -0.39 is 11.0 Å². The second kappa shape index (κ2) is 8.44. The van der Waals surface area contributed by atoms with Gasteiger partial charge in [0.15, 0.2) is 11.0 Å². The molecule has 9 nitrogen and oxygen atoms in total. The summed E-state index contributed by atoms with van der Waals surface area (Å²) in [4.78, 5) is 9.57.